The number of pyridine rings is 1. The van der Waals surface area contributed by atoms with Crippen molar-refractivity contribution in [2.45, 2.75) is 57.7 Å². The van der Waals surface area contributed by atoms with E-state index in [0.717, 1.165) is 95.7 Å². The molecule has 3 saturated heterocycles. The van der Waals surface area contributed by atoms with Gasteiger partial charge in [0, 0.05) is 88.0 Å². The van der Waals surface area contributed by atoms with Gasteiger partial charge in [0.15, 0.2) is 0 Å². The van der Waals surface area contributed by atoms with Crippen molar-refractivity contribution in [1.29, 1.82) is 0 Å². The van der Waals surface area contributed by atoms with Gasteiger partial charge in [-0.2, -0.15) is 0 Å². The summed E-state index contributed by atoms with van der Waals surface area (Å²) < 4.78 is 5.73. The van der Waals surface area contributed by atoms with Gasteiger partial charge in [0.1, 0.15) is 18.3 Å². The van der Waals surface area contributed by atoms with Gasteiger partial charge in [-0.3, -0.25) is 39.1 Å². The van der Waals surface area contributed by atoms with Crippen molar-refractivity contribution < 1.29 is 28.7 Å². The molecular weight excluding hydrogens is 779 g/mol. The van der Waals surface area contributed by atoms with Gasteiger partial charge >= 0.3 is 0 Å². The lowest BCUT2D eigenvalue weighted by Crippen LogP contribution is -2.63. The van der Waals surface area contributed by atoms with Gasteiger partial charge in [-0.05, 0) is 68.1 Å². The minimum atomic E-state index is -0.988. The lowest BCUT2D eigenvalue weighted by atomic mass is 9.98. The van der Waals surface area contributed by atoms with Crippen LogP contribution in [-0.4, -0.2) is 130 Å². The van der Waals surface area contributed by atoms with E-state index in [1.807, 2.05) is 54.5 Å². The third kappa shape index (κ3) is 7.05. The third-order valence-corrected chi connectivity index (χ3v) is 13.0. The normalized spacial score (nSPS) is 20.9. The number of piperazine rings is 1. The van der Waals surface area contributed by atoms with Gasteiger partial charge < -0.3 is 30.1 Å². The van der Waals surface area contributed by atoms with E-state index in [9.17, 15) is 24.0 Å². The Balaban J connectivity index is 0.703. The first-order valence-corrected chi connectivity index (χ1v) is 21.1. The molecule has 0 spiro atoms. The predicted molar refractivity (Wildman–Crippen MR) is 225 cm³/mol. The number of amides is 5. The molecule has 3 fully saturated rings. The number of benzene rings is 2. The van der Waals surface area contributed by atoms with Crippen molar-refractivity contribution in [1.82, 2.24) is 35.0 Å². The summed E-state index contributed by atoms with van der Waals surface area (Å²) >= 11 is 0. The van der Waals surface area contributed by atoms with Crippen LogP contribution in [0.3, 0.4) is 0 Å². The molecule has 0 bridgehead atoms. The Morgan fingerprint density at radius 2 is 1.69 bits per heavy atom. The molecule has 8 heterocycles. The number of hydrogen-bond acceptors (Lipinski definition) is 14. The molecule has 61 heavy (non-hydrogen) atoms. The number of carbonyl (C=O) groups excluding carboxylic acids is 5. The summed E-state index contributed by atoms with van der Waals surface area (Å²) in [5.41, 5.74) is 8.45. The molecule has 17 nitrogen and oxygen atoms in total. The summed E-state index contributed by atoms with van der Waals surface area (Å²) in [6, 6.07) is 12.5. The number of nitrogens with one attached hydrogen (secondary N) is 3. The number of carbonyl (C=O) groups is 5. The second kappa shape index (κ2) is 15.4. The highest BCUT2D eigenvalue weighted by atomic mass is 16.5. The predicted octanol–water partition coefficient (Wildman–Crippen LogP) is 2.83. The Morgan fingerprint density at radius 3 is 2.48 bits per heavy atom. The maximum Gasteiger partial charge on any atom is 0.262 e. The first kappa shape index (κ1) is 38.6. The van der Waals surface area contributed by atoms with E-state index in [0.29, 0.717) is 44.1 Å². The zero-order valence-corrected chi connectivity index (χ0v) is 34.1. The number of aromatic nitrogens is 3. The highest BCUT2D eigenvalue weighted by Crippen LogP contribution is 2.37. The first-order chi connectivity index (χ1) is 29.6. The number of fused-ring (bicyclic) bond motifs is 3. The van der Waals surface area contributed by atoms with E-state index >= 15 is 0 Å². The fourth-order valence-electron chi connectivity index (χ4n) is 9.36. The molecule has 0 saturated carbocycles. The van der Waals surface area contributed by atoms with Gasteiger partial charge in [-0.15, -0.1) is 0 Å². The fourth-order valence-corrected chi connectivity index (χ4v) is 9.36. The second-order valence-corrected chi connectivity index (χ2v) is 16.6. The zero-order valence-electron chi connectivity index (χ0n) is 34.1. The van der Waals surface area contributed by atoms with E-state index in [-0.39, 0.29) is 35.8 Å². The number of imide groups is 2. The van der Waals surface area contributed by atoms with Crippen LogP contribution in [0, 0.1) is 6.92 Å². The summed E-state index contributed by atoms with van der Waals surface area (Å²) in [7, 11) is 0. The van der Waals surface area contributed by atoms with Crippen molar-refractivity contribution in [2.24, 2.45) is 0 Å². The minimum Gasteiger partial charge on any atom is -0.474 e. The molecule has 2 atom stereocenters. The van der Waals surface area contributed by atoms with Crippen LogP contribution in [0.2, 0.25) is 0 Å². The number of nitrogens with zero attached hydrogens (tertiary/aromatic N) is 8. The summed E-state index contributed by atoms with van der Waals surface area (Å²) in [4.78, 5) is 88.1. The number of ether oxygens (including phenoxy) is 1. The molecule has 3 N–H and O–H groups in total. The van der Waals surface area contributed by atoms with Crippen molar-refractivity contribution in [3.05, 3.63) is 88.4 Å². The molecule has 2 aromatic heterocycles. The lowest BCUT2D eigenvalue weighted by molar-refractivity contribution is -0.136. The van der Waals surface area contributed by atoms with E-state index < -0.39 is 29.7 Å². The Labute approximate surface area is 352 Å². The third-order valence-electron chi connectivity index (χ3n) is 13.0. The van der Waals surface area contributed by atoms with Crippen molar-refractivity contribution in [3.8, 4) is 5.88 Å². The number of anilines is 5. The van der Waals surface area contributed by atoms with Gasteiger partial charge in [-0.25, -0.2) is 15.0 Å². The van der Waals surface area contributed by atoms with Gasteiger partial charge in [0.2, 0.25) is 29.5 Å². The fraction of sp³-hybridized carbons (Fsp3) is 0.409. The maximum atomic E-state index is 13.7. The van der Waals surface area contributed by atoms with E-state index in [4.69, 9.17) is 9.72 Å². The molecule has 10 rings (SSSR count). The van der Waals surface area contributed by atoms with Crippen LogP contribution < -0.4 is 30.5 Å². The zero-order chi connectivity index (χ0) is 41.9. The Kier molecular flexibility index (Phi) is 9.77. The lowest BCUT2D eigenvalue weighted by Gasteiger charge is -2.49. The van der Waals surface area contributed by atoms with Crippen LogP contribution >= 0.6 is 0 Å². The van der Waals surface area contributed by atoms with Crippen LogP contribution in [0.15, 0.2) is 54.9 Å². The average Bonchev–Trinajstić information content (AvgIpc) is 3.50. The molecule has 1 unspecified atom stereocenters. The quantitative estimate of drug-likeness (QED) is 0.220. The molecule has 2 aromatic carbocycles. The molecule has 17 heteroatoms. The average molecular weight is 826 g/mol. The largest absolute Gasteiger partial charge is 0.474 e. The summed E-state index contributed by atoms with van der Waals surface area (Å²) in [5.74, 6) is -1.05. The topological polar surface area (TPSA) is 186 Å². The standard InChI is InChI=1S/C44H47N11O6/c1-25(27-3-5-29(6-4-27)48-44-47-20-28-11-13-53(24-34(28)49-44)36-21-46-40-38(26(36)2)45-12-18-61-40)41(58)52-16-14-51(15-17-52)31-22-54(23-31)30-7-8-32-33(19-30)43(60)55(42(32)59)35-9-10-37(56)50-39(35)57/h3-8,19-21,25,31,35,45H,9-18,22-24H2,1-2H3,(H,47,48,49)(H,50,56,57)/t25-,35?/m1/s1. The number of piperidine rings is 1. The van der Waals surface area contributed by atoms with Crippen LogP contribution in [0.1, 0.15) is 68.8 Å². The van der Waals surface area contributed by atoms with E-state index in [1.165, 1.54) is 0 Å². The van der Waals surface area contributed by atoms with Gasteiger partial charge in [-0.1, -0.05) is 12.1 Å². The Bertz CT molecular complexity index is 2460. The van der Waals surface area contributed by atoms with E-state index in [2.05, 4.69) is 47.5 Å². The summed E-state index contributed by atoms with van der Waals surface area (Å²) in [5, 5.41) is 9.02. The molecule has 0 aliphatic carbocycles. The van der Waals surface area contributed by atoms with Crippen molar-refractivity contribution in [3.63, 3.8) is 0 Å². The van der Waals surface area contributed by atoms with Crippen molar-refractivity contribution in [2.75, 3.05) is 79.4 Å². The molecule has 5 amide bonds. The molecule has 314 valence electrons. The molecule has 6 aliphatic heterocycles. The molecular formula is C44H47N11O6. The molecule has 0 radical (unpaired) electrons. The highest BCUT2D eigenvalue weighted by Gasteiger charge is 2.45. The van der Waals surface area contributed by atoms with Gasteiger partial charge in [0.25, 0.3) is 11.8 Å². The smallest absolute Gasteiger partial charge is 0.262 e. The first-order valence-electron chi connectivity index (χ1n) is 21.1. The van der Waals surface area contributed by atoms with Crippen LogP contribution in [-0.2, 0) is 27.3 Å². The second-order valence-electron chi connectivity index (χ2n) is 16.6. The van der Waals surface area contributed by atoms with Crippen LogP contribution in [0.25, 0.3) is 0 Å². The Morgan fingerprint density at radius 1 is 0.902 bits per heavy atom. The maximum absolute atomic E-state index is 13.7. The summed E-state index contributed by atoms with van der Waals surface area (Å²) in [6.07, 6.45) is 4.84. The van der Waals surface area contributed by atoms with Crippen LogP contribution in [0.5, 0.6) is 5.88 Å². The molecule has 6 aliphatic rings. The monoisotopic (exact) mass is 825 g/mol. The molecule has 4 aromatic rings. The van der Waals surface area contributed by atoms with Crippen molar-refractivity contribution >= 4 is 58.2 Å². The van der Waals surface area contributed by atoms with E-state index in [1.54, 1.807) is 12.1 Å². The van der Waals surface area contributed by atoms with Crippen LogP contribution in [0.4, 0.5) is 28.7 Å². The highest BCUT2D eigenvalue weighted by molar-refractivity contribution is 6.23. The number of rotatable bonds is 8. The minimum absolute atomic E-state index is 0.0805. The Hall–Kier alpha value is -6.62. The van der Waals surface area contributed by atoms with Gasteiger partial charge in [0.05, 0.1) is 41.2 Å². The SMILES string of the molecule is Cc1c(N2CCc3cnc(Nc4ccc([C@@H](C)C(=O)N5CCN(C6CN(c7ccc8c(c7)C(=O)N(C7CCC(=O)NC7=O)C8=O)C6)CC5)cc4)nc3C2)cnc2c1NCCO2. The summed E-state index contributed by atoms with van der Waals surface area (Å²) in [6.45, 7) is 11.3. The number of hydrogen-bond donors (Lipinski definition) is 3.